The van der Waals surface area contributed by atoms with Crippen molar-refractivity contribution in [2.24, 2.45) is 0 Å². The average molecular weight is 324 g/mol. The van der Waals surface area contributed by atoms with Gasteiger partial charge in [-0.2, -0.15) is 0 Å². The molecule has 0 spiro atoms. The van der Waals surface area contributed by atoms with Gasteiger partial charge < -0.3 is 0 Å². The quantitative estimate of drug-likeness (QED) is 0.513. The van der Waals surface area contributed by atoms with Gasteiger partial charge in [0.25, 0.3) is 0 Å². The van der Waals surface area contributed by atoms with Crippen molar-refractivity contribution in [3.8, 4) is 0 Å². The van der Waals surface area contributed by atoms with Gasteiger partial charge >= 0.3 is 0 Å². The summed E-state index contributed by atoms with van der Waals surface area (Å²) in [5.41, 5.74) is 1.16. The average Bonchev–Trinajstić information content (AvgIpc) is 2.59. The molecule has 0 aliphatic heterocycles. The fourth-order valence-electron chi connectivity index (χ4n) is 2.15. The smallest absolute Gasteiger partial charge is 0.0843 e. The topological polar surface area (TPSA) is 0 Å². The van der Waals surface area contributed by atoms with Crippen LogP contribution in [0.4, 0.5) is 0 Å². The third-order valence-electron chi connectivity index (χ3n) is 3.26. The van der Waals surface area contributed by atoms with Gasteiger partial charge in [0.15, 0.2) is 9.79 Å². The predicted octanol–water partition coefficient (Wildman–Crippen LogP) is 6.05. The summed E-state index contributed by atoms with van der Waals surface area (Å²) in [6, 6.07) is 29.1. The van der Waals surface area contributed by atoms with E-state index in [-0.39, 0.29) is 10.9 Å². The van der Waals surface area contributed by atoms with Gasteiger partial charge in [0.05, 0.1) is 10.9 Å². The van der Waals surface area contributed by atoms with Crippen molar-refractivity contribution >= 4 is 28.6 Å². The van der Waals surface area contributed by atoms with Gasteiger partial charge in [-0.3, -0.25) is 0 Å². The van der Waals surface area contributed by atoms with Crippen molar-refractivity contribution in [2.75, 3.05) is 0 Å². The molecule has 0 saturated heterocycles. The van der Waals surface area contributed by atoms with Gasteiger partial charge in [0.1, 0.15) is 5.41 Å². The van der Waals surface area contributed by atoms with E-state index in [2.05, 4.69) is 72.1 Å². The maximum Gasteiger partial charge on any atom is 0.165 e. The van der Waals surface area contributed by atoms with Crippen molar-refractivity contribution in [1.82, 2.24) is 0 Å². The second-order valence-corrected chi connectivity index (χ2v) is 7.15. The summed E-state index contributed by atoms with van der Waals surface area (Å²) in [5.74, 6) is 0. The van der Waals surface area contributed by atoms with Crippen LogP contribution in [0, 0.1) is 0 Å². The van der Waals surface area contributed by atoms with Crippen LogP contribution in [-0.4, -0.2) is 0 Å². The predicted molar refractivity (Wildman–Crippen MR) is 97.3 cm³/mol. The molecule has 3 rings (SSSR count). The Bertz CT molecular complexity index is 694. The molecule has 0 aromatic heterocycles. The van der Waals surface area contributed by atoms with Crippen LogP contribution in [-0.2, 0) is 10.9 Å². The van der Waals surface area contributed by atoms with Crippen LogP contribution in [0.1, 0.15) is 5.56 Å². The van der Waals surface area contributed by atoms with Crippen LogP contribution in [0.5, 0.6) is 0 Å². The standard InChI is InChI=1S/C20H16ClS/c21-18-13-11-17(12-14-18)15-16-22(19-7-3-1-4-8-19)20-9-5-2-6-10-20/h1-16H/q+1/b16-15+. The number of benzene rings is 3. The second-order valence-electron chi connectivity index (χ2n) is 4.82. The Morgan fingerprint density at radius 3 is 1.64 bits per heavy atom. The first kappa shape index (κ1) is 15.0. The highest BCUT2D eigenvalue weighted by Gasteiger charge is 2.21. The Morgan fingerprint density at radius 2 is 1.14 bits per heavy atom. The number of hydrogen-bond donors (Lipinski definition) is 0. The summed E-state index contributed by atoms with van der Waals surface area (Å²) >= 11 is 5.94. The van der Waals surface area contributed by atoms with Crippen molar-refractivity contribution in [3.63, 3.8) is 0 Å². The molecule has 0 amide bonds. The van der Waals surface area contributed by atoms with E-state index < -0.39 is 0 Å². The SMILES string of the molecule is Clc1ccc(/C=C/[S+](c2ccccc2)c2ccccc2)cc1. The Hall–Kier alpha value is -1.96. The highest BCUT2D eigenvalue weighted by molar-refractivity contribution is 7.99. The summed E-state index contributed by atoms with van der Waals surface area (Å²) in [6.07, 6.45) is 2.17. The molecule has 0 N–H and O–H groups in total. The molecule has 0 atom stereocenters. The van der Waals surface area contributed by atoms with Crippen molar-refractivity contribution in [2.45, 2.75) is 9.79 Å². The van der Waals surface area contributed by atoms with Gasteiger partial charge in [-0.1, -0.05) is 60.1 Å². The Balaban J connectivity index is 1.94. The first-order valence-corrected chi connectivity index (χ1v) is 8.76. The highest BCUT2D eigenvalue weighted by atomic mass is 35.5. The number of hydrogen-bond acceptors (Lipinski definition) is 0. The van der Waals surface area contributed by atoms with Crippen LogP contribution in [0.15, 0.2) is 100 Å². The molecule has 0 aliphatic rings. The zero-order valence-corrected chi connectivity index (χ0v) is 13.6. The van der Waals surface area contributed by atoms with Crippen molar-refractivity contribution in [1.29, 1.82) is 0 Å². The van der Waals surface area contributed by atoms with E-state index in [1.807, 2.05) is 24.3 Å². The zero-order chi connectivity index (χ0) is 15.2. The molecule has 3 aromatic rings. The molecule has 2 heteroatoms. The lowest BCUT2D eigenvalue weighted by atomic mass is 10.2. The van der Waals surface area contributed by atoms with Gasteiger partial charge in [-0.05, 0) is 48.0 Å². The second kappa shape index (κ2) is 7.35. The first-order chi connectivity index (χ1) is 10.8. The molecule has 3 aromatic carbocycles. The lowest BCUT2D eigenvalue weighted by molar-refractivity contribution is 1.39. The molecule has 108 valence electrons. The van der Waals surface area contributed by atoms with E-state index in [9.17, 15) is 0 Å². The lowest BCUT2D eigenvalue weighted by Gasteiger charge is -2.03. The minimum absolute atomic E-state index is 0.0706. The van der Waals surface area contributed by atoms with Gasteiger partial charge in [-0.25, -0.2) is 0 Å². The molecule has 0 heterocycles. The van der Waals surface area contributed by atoms with Crippen molar-refractivity contribution < 1.29 is 0 Å². The van der Waals surface area contributed by atoms with E-state index in [4.69, 9.17) is 11.6 Å². The molecule has 0 unspecified atom stereocenters. The van der Waals surface area contributed by atoms with Gasteiger partial charge in [-0.15, -0.1) is 0 Å². The van der Waals surface area contributed by atoms with Gasteiger partial charge in [0.2, 0.25) is 0 Å². The van der Waals surface area contributed by atoms with Crippen LogP contribution in [0.3, 0.4) is 0 Å². The molecule has 0 nitrogen and oxygen atoms in total. The third-order valence-corrected chi connectivity index (χ3v) is 5.48. The minimum atomic E-state index is -0.0706. The third kappa shape index (κ3) is 3.82. The van der Waals surface area contributed by atoms with E-state index >= 15 is 0 Å². The Morgan fingerprint density at radius 1 is 0.636 bits per heavy atom. The zero-order valence-electron chi connectivity index (χ0n) is 12.0. The van der Waals surface area contributed by atoms with E-state index in [1.54, 1.807) is 0 Å². The number of halogens is 1. The molecule has 0 saturated carbocycles. The molecule has 0 bridgehead atoms. The Kier molecular flexibility index (Phi) is 4.99. The maximum absolute atomic E-state index is 5.94. The van der Waals surface area contributed by atoms with Crippen molar-refractivity contribution in [3.05, 3.63) is 101 Å². The molecule has 0 fully saturated rings. The fourth-order valence-corrected chi connectivity index (χ4v) is 4.05. The summed E-state index contributed by atoms with van der Waals surface area (Å²) < 4.78 is 0. The van der Waals surface area contributed by atoms with E-state index in [1.165, 1.54) is 9.79 Å². The molecule has 0 aliphatic carbocycles. The minimum Gasteiger partial charge on any atom is -0.0843 e. The van der Waals surface area contributed by atoms with Crippen LogP contribution in [0.25, 0.3) is 6.08 Å². The Labute approximate surface area is 139 Å². The maximum atomic E-state index is 5.94. The lowest BCUT2D eigenvalue weighted by Crippen LogP contribution is -1.99. The summed E-state index contributed by atoms with van der Waals surface area (Å²) in [5, 5.41) is 3.04. The molecular weight excluding hydrogens is 308 g/mol. The van der Waals surface area contributed by atoms with Crippen LogP contribution < -0.4 is 0 Å². The van der Waals surface area contributed by atoms with Crippen LogP contribution in [0.2, 0.25) is 5.02 Å². The van der Waals surface area contributed by atoms with E-state index in [0.717, 1.165) is 10.6 Å². The largest absolute Gasteiger partial charge is 0.165 e. The van der Waals surface area contributed by atoms with E-state index in [0.29, 0.717) is 0 Å². The fraction of sp³-hybridized carbons (Fsp3) is 0. The normalized spacial score (nSPS) is 11.2. The molecule has 0 radical (unpaired) electrons. The molecule has 22 heavy (non-hydrogen) atoms. The number of rotatable bonds is 4. The molecular formula is C20H16ClS+. The van der Waals surface area contributed by atoms with Crippen LogP contribution >= 0.6 is 11.6 Å². The highest BCUT2D eigenvalue weighted by Crippen LogP contribution is 2.25. The summed E-state index contributed by atoms with van der Waals surface area (Å²) in [7, 11) is -0.0706. The monoisotopic (exact) mass is 323 g/mol. The first-order valence-electron chi connectivity index (χ1n) is 7.10. The van der Waals surface area contributed by atoms with Gasteiger partial charge in [0, 0.05) is 5.02 Å². The summed E-state index contributed by atoms with van der Waals surface area (Å²) in [6.45, 7) is 0. The summed E-state index contributed by atoms with van der Waals surface area (Å²) in [4.78, 5) is 2.64.